The molecule has 0 aliphatic rings. The number of benzene rings is 4. The van der Waals surface area contributed by atoms with Crippen LogP contribution in [-0.4, -0.2) is 33.7 Å². The first-order valence-electron chi connectivity index (χ1n) is 13.5. The second-order valence-electron chi connectivity index (χ2n) is 9.90. The van der Waals surface area contributed by atoms with Crippen molar-refractivity contribution < 1.29 is 9.53 Å². The molecular formula is C34H29BrN4O2. The van der Waals surface area contributed by atoms with Gasteiger partial charge in [-0.2, -0.15) is 0 Å². The van der Waals surface area contributed by atoms with Crippen LogP contribution in [0.5, 0.6) is 0 Å². The zero-order valence-corrected chi connectivity index (χ0v) is 24.3. The monoisotopic (exact) mass is 604 g/mol. The van der Waals surface area contributed by atoms with Crippen LogP contribution in [-0.2, 0) is 24.2 Å². The summed E-state index contributed by atoms with van der Waals surface area (Å²) < 4.78 is 10.5. The number of para-hydroxylation sites is 3. The van der Waals surface area contributed by atoms with Crippen LogP contribution in [0.1, 0.15) is 27.0 Å². The van der Waals surface area contributed by atoms with Crippen molar-refractivity contribution in [2.75, 3.05) is 13.7 Å². The van der Waals surface area contributed by atoms with Gasteiger partial charge in [0, 0.05) is 22.6 Å². The molecule has 0 saturated carbocycles. The molecule has 0 aliphatic heterocycles. The number of rotatable bonds is 8. The molecule has 0 spiro atoms. The van der Waals surface area contributed by atoms with Crippen molar-refractivity contribution in [1.82, 2.24) is 14.1 Å². The number of nitrogens with zero attached hydrogens (tertiary/aromatic N) is 4. The molecule has 6 aromatic rings. The highest BCUT2D eigenvalue weighted by molar-refractivity contribution is 9.10. The lowest BCUT2D eigenvalue weighted by Crippen LogP contribution is -2.28. The molecule has 0 saturated heterocycles. The van der Waals surface area contributed by atoms with E-state index in [4.69, 9.17) is 14.7 Å². The van der Waals surface area contributed by atoms with E-state index in [1.165, 1.54) is 12.7 Å². The number of esters is 1. The van der Waals surface area contributed by atoms with Gasteiger partial charge in [-0.15, -0.1) is 0 Å². The first-order valence-corrected chi connectivity index (χ1v) is 14.3. The van der Waals surface area contributed by atoms with E-state index in [0.29, 0.717) is 25.2 Å². The molecule has 0 radical (unpaired) electrons. The Bertz CT molecular complexity index is 1900. The summed E-state index contributed by atoms with van der Waals surface area (Å²) in [5.41, 5.74) is 8.08. The van der Waals surface area contributed by atoms with E-state index in [1.807, 2.05) is 36.5 Å². The molecule has 6 rings (SSSR count). The molecule has 7 heteroatoms. The van der Waals surface area contributed by atoms with Crippen LogP contribution >= 0.6 is 15.9 Å². The highest BCUT2D eigenvalue weighted by atomic mass is 79.9. The molecule has 0 unspecified atom stereocenters. The number of ether oxygens (including phenoxy) is 1. The normalized spacial score (nSPS) is 11.8. The molecule has 0 fully saturated rings. The van der Waals surface area contributed by atoms with Gasteiger partial charge in [0.25, 0.3) is 0 Å². The molecule has 6 nitrogen and oxygen atoms in total. The lowest BCUT2D eigenvalue weighted by Gasteiger charge is -2.10. The smallest absolute Gasteiger partial charge is 0.337 e. The van der Waals surface area contributed by atoms with E-state index in [9.17, 15) is 4.79 Å². The Kier molecular flexibility index (Phi) is 7.78. The van der Waals surface area contributed by atoms with Gasteiger partial charge >= 0.3 is 5.97 Å². The minimum Gasteiger partial charge on any atom is -0.465 e. The van der Waals surface area contributed by atoms with E-state index in [0.717, 1.165) is 49.6 Å². The van der Waals surface area contributed by atoms with Crippen LogP contribution in [0.15, 0.2) is 119 Å². The first kappa shape index (κ1) is 26.7. The largest absolute Gasteiger partial charge is 0.465 e. The summed E-state index contributed by atoms with van der Waals surface area (Å²) in [6.45, 7) is 1.90. The Morgan fingerprint density at radius 1 is 0.805 bits per heavy atom. The summed E-state index contributed by atoms with van der Waals surface area (Å²) >= 11 is 3.52. The van der Waals surface area contributed by atoms with Gasteiger partial charge in [-0.3, -0.25) is 9.98 Å². The van der Waals surface area contributed by atoms with Crippen LogP contribution in [0.3, 0.4) is 0 Å². The summed E-state index contributed by atoms with van der Waals surface area (Å²) in [5, 5.41) is 1.12. The molecule has 204 valence electrons. The first-order chi connectivity index (χ1) is 20.1. The molecule has 0 N–H and O–H groups in total. The van der Waals surface area contributed by atoms with Crippen molar-refractivity contribution >= 4 is 43.8 Å². The SMILES string of the molecule is COC(=O)c1ccc(Cn2/c(=N\CCc3ccc(Br)cc3)n(Cc3cccc4cccnc34)c3ccccc32)cc1. The Morgan fingerprint density at radius 2 is 1.49 bits per heavy atom. The average molecular weight is 606 g/mol. The third-order valence-corrected chi connectivity index (χ3v) is 7.80. The third-order valence-electron chi connectivity index (χ3n) is 7.27. The van der Waals surface area contributed by atoms with Crippen molar-refractivity contribution in [3.63, 3.8) is 0 Å². The van der Waals surface area contributed by atoms with Gasteiger partial charge in [-0.25, -0.2) is 4.79 Å². The molecule has 0 amide bonds. The maximum absolute atomic E-state index is 12.0. The van der Waals surface area contributed by atoms with Crippen molar-refractivity contribution in [3.8, 4) is 0 Å². The summed E-state index contributed by atoms with van der Waals surface area (Å²) in [5.74, 6) is -0.340. The minimum atomic E-state index is -0.340. The van der Waals surface area contributed by atoms with Gasteiger partial charge in [0.15, 0.2) is 0 Å². The number of carbonyl (C=O) groups excluding carboxylic acids is 1. The number of hydrogen-bond donors (Lipinski definition) is 0. The van der Waals surface area contributed by atoms with Crippen LogP contribution in [0.4, 0.5) is 0 Å². The second kappa shape index (κ2) is 11.9. The summed E-state index contributed by atoms with van der Waals surface area (Å²) in [6, 6.07) is 34.8. The number of methoxy groups -OCH3 is 1. The molecule has 0 bridgehead atoms. The van der Waals surface area contributed by atoms with Crippen LogP contribution in [0.2, 0.25) is 0 Å². The van der Waals surface area contributed by atoms with E-state index in [1.54, 1.807) is 0 Å². The number of pyridine rings is 1. The quantitative estimate of drug-likeness (QED) is 0.180. The number of hydrogen-bond acceptors (Lipinski definition) is 4. The predicted molar refractivity (Wildman–Crippen MR) is 166 cm³/mol. The zero-order chi connectivity index (χ0) is 28.2. The number of aromatic nitrogens is 3. The summed E-state index contributed by atoms with van der Waals surface area (Å²) in [6.07, 6.45) is 2.68. The lowest BCUT2D eigenvalue weighted by molar-refractivity contribution is 0.0600. The number of fused-ring (bicyclic) bond motifs is 2. The predicted octanol–water partition coefficient (Wildman–Crippen LogP) is 6.78. The minimum absolute atomic E-state index is 0.340. The van der Waals surface area contributed by atoms with Crippen molar-refractivity contribution in [2.24, 2.45) is 4.99 Å². The Hall–Kier alpha value is -4.49. The molecule has 2 heterocycles. The molecule has 4 aromatic carbocycles. The molecule has 0 atom stereocenters. The van der Waals surface area contributed by atoms with Gasteiger partial charge in [0.05, 0.1) is 42.3 Å². The topological polar surface area (TPSA) is 61.4 Å². The van der Waals surface area contributed by atoms with Crippen molar-refractivity contribution in [2.45, 2.75) is 19.5 Å². The van der Waals surface area contributed by atoms with Crippen LogP contribution < -0.4 is 5.62 Å². The van der Waals surface area contributed by atoms with Crippen LogP contribution in [0.25, 0.3) is 21.9 Å². The highest BCUT2D eigenvalue weighted by Crippen LogP contribution is 2.21. The Labute approximate surface area is 246 Å². The number of halogens is 1. The van der Waals surface area contributed by atoms with E-state index >= 15 is 0 Å². The fourth-order valence-electron chi connectivity index (χ4n) is 5.21. The van der Waals surface area contributed by atoms with Gasteiger partial charge in [-0.1, -0.05) is 76.6 Å². The van der Waals surface area contributed by atoms with Gasteiger partial charge < -0.3 is 13.9 Å². The maximum Gasteiger partial charge on any atom is 0.337 e. The van der Waals surface area contributed by atoms with Gasteiger partial charge in [0.2, 0.25) is 5.62 Å². The molecule has 0 aliphatic carbocycles. The Morgan fingerprint density at radius 3 is 2.22 bits per heavy atom. The summed E-state index contributed by atoms with van der Waals surface area (Å²) in [4.78, 5) is 21.9. The van der Waals surface area contributed by atoms with Gasteiger partial charge in [0.1, 0.15) is 0 Å². The lowest BCUT2D eigenvalue weighted by atomic mass is 10.1. The molecule has 41 heavy (non-hydrogen) atoms. The Balaban J connectivity index is 1.46. The van der Waals surface area contributed by atoms with E-state index in [2.05, 4.69) is 97.9 Å². The van der Waals surface area contributed by atoms with Gasteiger partial charge in [-0.05, 0) is 65.6 Å². The maximum atomic E-state index is 12.0. The van der Waals surface area contributed by atoms with Crippen molar-refractivity contribution in [1.29, 1.82) is 0 Å². The third kappa shape index (κ3) is 5.72. The molecule has 2 aromatic heterocycles. The second-order valence-corrected chi connectivity index (χ2v) is 10.8. The fourth-order valence-corrected chi connectivity index (χ4v) is 5.48. The van der Waals surface area contributed by atoms with E-state index < -0.39 is 0 Å². The van der Waals surface area contributed by atoms with Crippen molar-refractivity contribution in [3.05, 3.63) is 142 Å². The number of imidazole rings is 1. The summed E-state index contributed by atoms with van der Waals surface area (Å²) in [7, 11) is 1.40. The standard InChI is InChI=1S/C34H29BrN4O2/c1-41-33(40)27-15-11-25(12-16-27)22-38-30-9-2-3-10-31(30)39(23-28-7-4-6-26-8-5-20-36-32(26)28)34(38)37-21-19-24-13-17-29(35)18-14-24/h2-18,20H,19,21-23H2,1H3/b37-34+. The fraction of sp³-hybridized carbons (Fsp3) is 0.147. The molecular weight excluding hydrogens is 576 g/mol. The van der Waals surface area contributed by atoms with Crippen LogP contribution in [0, 0.1) is 0 Å². The average Bonchev–Trinajstić information content (AvgIpc) is 3.30. The highest BCUT2D eigenvalue weighted by Gasteiger charge is 2.15. The zero-order valence-electron chi connectivity index (χ0n) is 22.7. The van der Waals surface area contributed by atoms with E-state index in [-0.39, 0.29) is 5.97 Å². The number of carbonyl (C=O) groups is 1.